The molecular weight excluding hydrogens is 356 g/mol. The van der Waals surface area contributed by atoms with Crippen molar-refractivity contribution < 1.29 is 14.3 Å². The summed E-state index contributed by atoms with van der Waals surface area (Å²) in [5.74, 6) is 0.225. The minimum Gasteiger partial charge on any atom is -0.465 e. The van der Waals surface area contributed by atoms with E-state index in [1.54, 1.807) is 24.3 Å². The Morgan fingerprint density at radius 3 is 2.57 bits per heavy atom. The standard InChI is InChI=1S/C21H26N4O3/c1-4-25(5-2)21-22-13-16-12-15(8-11-18(16)24-21)19(26)23-17-9-6-14(7-10-17)20(27)28-3/h6-7,9-10,13,15H,4-5,8,11-12H2,1-3H3,(H,23,26)/t15-/m0/s1. The summed E-state index contributed by atoms with van der Waals surface area (Å²) in [5, 5.41) is 2.93. The highest BCUT2D eigenvalue weighted by molar-refractivity contribution is 5.94. The fourth-order valence-electron chi connectivity index (χ4n) is 3.43. The van der Waals surface area contributed by atoms with E-state index in [1.807, 2.05) is 6.20 Å². The van der Waals surface area contributed by atoms with Crippen molar-refractivity contribution in [1.82, 2.24) is 9.97 Å². The van der Waals surface area contributed by atoms with Crippen molar-refractivity contribution >= 4 is 23.5 Å². The van der Waals surface area contributed by atoms with E-state index in [2.05, 4.69) is 33.8 Å². The second kappa shape index (κ2) is 8.82. The average molecular weight is 382 g/mol. The predicted octanol–water partition coefficient (Wildman–Crippen LogP) is 2.85. The number of amides is 1. The molecule has 148 valence electrons. The molecule has 0 spiro atoms. The summed E-state index contributed by atoms with van der Waals surface area (Å²) in [7, 11) is 1.34. The number of methoxy groups -OCH3 is 1. The van der Waals surface area contributed by atoms with Crippen LogP contribution in [0.3, 0.4) is 0 Å². The number of benzene rings is 1. The molecule has 0 saturated heterocycles. The van der Waals surface area contributed by atoms with Crippen LogP contribution in [-0.2, 0) is 22.4 Å². The number of hydrogen-bond donors (Lipinski definition) is 1. The maximum absolute atomic E-state index is 12.7. The van der Waals surface area contributed by atoms with Gasteiger partial charge in [-0.2, -0.15) is 0 Å². The van der Waals surface area contributed by atoms with Crippen molar-refractivity contribution in [2.45, 2.75) is 33.1 Å². The Bertz CT molecular complexity index is 847. The molecule has 7 heteroatoms. The number of fused-ring (bicyclic) bond motifs is 1. The molecule has 1 N–H and O–H groups in total. The molecule has 7 nitrogen and oxygen atoms in total. The maximum Gasteiger partial charge on any atom is 0.337 e. The molecule has 0 bridgehead atoms. The Hall–Kier alpha value is -2.96. The van der Waals surface area contributed by atoms with Gasteiger partial charge in [-0.05, 0) is 62.9 Å². The first-order valence-electron chi connectivity index (χ1n) is 9.64. The second-order valence-electron chi connectivity index (χ2n) is 6.81. The number of rotatable bonds is 6. The minimum absolute atomic E-state index is 0.0238. The zero-order chi connectivity index (χ0) is 20.1. The van der Waals surface area contributed by atoms with Crippen molar-refractivity contribution in [3.63, 3.8) is 0 Å². The van der Waals surface area contributed by atoms with Gasteiger partial charge in [0, 0.05) is 36.6 Å². The predicted molar refractivity (Wildman–Crippen MR) is 108 cm³/mol. The third-order valence-corrected chi connectivity index (χ3v) is 5.13. The number of ether oxygens (including phenoxy) is 1. The van der Waals surface area contributed by atoms with Gasteiger partial charge >= 0.3 is 5.97 Å². The molecule has 1 aliphatic rings. The molecule has 1 aliphatic carbocycles. The van der Waals surface area contributed by atoms with Gasteiger partial charge in [-0.25, -0.2) is 14.8 Å². The summed E-state index contributed by atoms with van der Waals surface area (Å²) in [6.07, 6.45) is 4.03. The lowest BCUT2D eigenvalue weighted by molar-refractivity contribution is -0.120. The van der Waals surface area contributed by atoms with E-state index in [9.17, 15) is 9.59 Å². The van der Waals surface area contributed by atoms with Crippen LogP contribution in [0.15, 0.2) is 30.5 Å². The molecule has 28 heavy (non-hydrogen) atoms. The molecule has 0 aliphatic heterocycles. The van der Waals surface area contributed by atoms with E-state index in [1.165, 1.54) is 7.11 Å². The van der Waals surface area contributed by atoms with Gasteiger partial charge in [-0.1, -0.05) is 0 Å². The fraction of sp³-hybridized carbons (Fsp3) is 0.429. The number of nitrogens with one attached hydrogen (secondary N) is 1. The van der Waals surface area contributed by atoms with E-state index in [0.29, 0.717) is 17.7 Å². The first-order valence-corrected chi connectivity index (χ1v) is 9.64. The number of aromatic nitrogens is 2. The molecule has 0 radical (unpaired) electrons. The zero-order valence-electron chi connectivity index (χ0n) is 16.6. The molecular formula is C21H26N4O3. The Balaban J connectivity index is 1.65. The van der Waals surface area contributed by atoms with Gasteiger partial charge in [0.1, 0.15) is 0 Å². The highest BCUT2D eigenvalue weighted by Crippen LogP contribution is 2.26. The van der Waals surface area contributed by atoms with Crippen LogP contribution in [0, 0.1) is 5.92 Å². The Labute approximate surface area is 165 Å². The Morgan fingerprint density at radius 1 is 1.21 bits per heavy atom. The van der Waals surface area contributed by atoms with Crippen LogP contribution in [0.4, 0.5) is 11.6 Å². The number of nitrogens with zero attached hydrogens (tertiary/aromatic N) is 3. The third kappa shape index (κ3) is 4.30. The summed E-state index contributed by atoms with van der Waals surface area (Å²) in [5.41, 5.74) is 3.21. The maximum atomic E-state index is 12.7. The van der Waals surface area contributed by atoms with E-state index < -0.39 is 5.97 Å². The van der Waals surface area contributed by atoms with Crippen LogP contribution in [0.1, 0.15) is 41.9 Å². The van der Waals surface area contributed by atoms with Crippen LogP contribution >= 0.6 is 0 Å². The van der Waals surface area contributed by atoms with Crippen LogP contribution in [-0.4, -0.2) is 42.0 Å². The van der Waals surface area contributed by atoms with Gasteiger partial charge in [0.15, 0.2) is 0 Å². The molecule has 2 aromatic rings. The smallest absolute Gasteiger partial charge is 0.337 e. The van der Waals surface area contributed by atoms with Crippen molar-refractivity contribution in [2.24, 2.45) is 5.92 Å². The molecule has 1 aromatic heterocycles. The number of aryl methyl sites for hydroxylation is 1. The SMILES string of the molecule is CCN(CC)c1ncc2c(n1)CC[C@H](C(=O)Nc1ccc(C(=O)OC)cc1)C2. The van der Waals surface area contributed by atoms with Crippen molar-refractivity contribution in [2.75, 3.05) is 30.4 Å². The summed E-state index contributed by atoms with van der Waals surface area (Å²) < 4.78 is 4.68. The molecule has 0 saturated carbocycles. The number of anilines is 2. The summed E-state index contributed by atoms with van der Waals surface area (Å²) in [6.45, 7) is 5.92. The van der Waals surface area contributed by atoms with Gasteiger partial charge in [0.25, 0.3) is 0 Å². The number of carbonyl (C=O) groups excluding carboxylic acids is 2. The largest absolute Gasteiger partial charge is 0.465 e. The lowest BCUT2D eigenvalue weighted by atomic mass is 9.86. The number of esters is 1. The van der Waals surface area contributed by atoms with Gasteiger partial charge in [-0.15, -0.1) is 0 Å². The third-order valence-electron chi connectivity index (χ3n) is 5.13. The van der Waals surface area contributed by atoms with Gasteiger partial charge in [0.05, 0.1) is 12.7 Å². The number of carbonyl (C=O) groups is 2. The molecule has 1 atom stereocenters. The molecule has 1 amide bonds. The Morgan fingerprint density at radius 2 is 1.93 bits per heavy atom. The lowest BCUT2D eigenvalue weighted by Crippen LogP contribution is -2.30. The minimum atomic E-state index is -0.397. The average Bonchev–Trinajstić information content (AvgIpc) is 2.74. The fourth-order valence-corrected chi connectivity index (χ4v) is 3.43. The number of hydrogen-bond acceptors (Lipinski definition) is 6. The van der Waals surface area contributed by atoms with Gasteiger partial charge in [-0.3, -0.25) is 4.79 Å². The highest BCUT2D eigenvalue weighted by Gasteiger charge is 2.26. The quantitative estimate of drug-likeness (QED) is 0.774. The van der Waals surface area contributed by atoms with Crippen molar-refractivity contribution in [3.8, 4) is 0 Å². The summed E-state index contributed by atoms with van der Waals surface area (Å²) in [4.78, 5) is 35.5. The molecule has 0 fully saturated rings. The molecule has 3 rings (SSSR count). The van der Waals surface area contributed by atoms with Gasteiger partial charge in [0.2, 0.25) is 11.9 Å². The molecule has 1 heterocycles. The molecule has 0 unspecified atom stereocenters. The van der Waals surface area contributed by atoms with Crippen LogP contribution < -0.4 is 10.2 Å². The molecule has 1 aromatic carbocycles. The lowest BCUT2D eigenvalue weighted by Gasteiger charge is -2.25. The topological polar surface area (TPSA) is 84.4 Å². The summed E-state index contributed by atoms with van der Waals surface area (Å²) >= 11 is 0. The van der Waals surface area contributed by atoms with Gasteiger partial charge < -0.3 is 15.0 Å². The van der Waals surface area contributed by atoms with Crippen molar-refractivity contribution in [1.29, 1.82) is 0 Å². The normalized spacial score (nSPS) is 15.5. The van der Waals surface area contributed by atoms with Crippen LogP contribution in [0.5, 0.6) is 0 Å². The monoisotopic (exact) mass is 382 g/mol. The van der Waals surface area contributed by atoms with E-state index in [0.717, 1.165) is 43.1 Å². The van der Waals surface area contributed by atoms with E-state index >= 15 is 0 Å². The van der Waals surface area contributed by atoms with E-state index in [4.69, 9.17) is 4.98 Å². The van der Waals surface area contributed by atoms with Crippen LogP contribution in [0.25, 0.3) is 0 Å². The summed E-state index contributed by atoms with van der Waals surface area (Å²) in [6, 6.07) is 6.70. The second-order valence-corrected chi connectivity index (χ2v) is 6.81. The van der Waals surface area contributed by atoms with Crippen molar-refractivity contribution in [3.05, 3.63) is 47.3 Å². The highest BCUT2D eigenvalue weighted by atomic mass is 16.5. The Kier molecular flexibility index (Phi) is 6.23. The first-order chi connectivity index (χ1) is 13.5. The van der Waals surface area contributed by atoms with Crippen LogP contribution in [0.2, 0.25) is 0 Å². The first kappa shape index (κ1) is 19.8. The zero-order valence-corrected chi connectivity index (χ0v) is 16.6. The van der Waals surface area contributed by atoms with E-state index in [-0.39, 0.29) is 11.8 Å².